The van der Waals surface area contributed by atoms with Gasteiger partial charge in [0.2, 0.25) is 0 Å². The third kappa shape index (κ3) is 2.85. The second kappa shape index (κ2) is 5.48. The molecule has 1 aliphatic rings. The van der Waals surface area contributed by atoms with Crippen molar-refractivity contribution in [3.63, 3.8) is 0 Å². The molecule has 0 radical (unpaired) electrons. The number of imidazole rings is 1. The molecule has 1 aromatic rings. The van der Waals surface area contributed by atoms with Crippen LogP contribution in [0.3, 0.4) is 0 Å². The first-order valence-electron chi connectivity index (χ1n) is 6.47. The van der Waals surface area contributed by atoms with Crippen molar-refractivity contribution in [2.24, 2.45) is 5.92 Å². The molecule has 1 aromatic heterocycles. The lowest BCUT2D eigenvalue weighted by atomic mass is 9.98. The Labute approximate surface area is 97.5 Å². The van der Waals surface area contributed by atoms with E-state index in [1.54, 1.807) is 0 Å². The Morgan fingerprint density at radius 3 is 2.94 bits per heavy atom. The van der Waals surface area contributed by atoms with Gasteiger partial charge >= 0.3 is 0 Å². The average Bonchev–Trinajstić information content (AvgIpc) is 2.88. The molecule has 0 saturated heterocycles. The van der Waals surface area contributed by atoms with Crippen molar-refractivity contribution in [1.29, 1.82) is 0 Å². The smallest absolute Gasteiger partial charge is 0.111 e. The quantitative estimate of drug-likeness (QED) is 0.830. The summed E-state index contributed by atoms with van der Waals surface area (Å²) in [6.45, 7) is 3.04. The Hall–Kier alpha value is -0.830. The number of rotatable bonds is 5. The maximum absolute atomic E-state index is 10.0. The lowest BCUT2D eigenvalue weighted by molar-refractivity contribution is 0.140. The summed E-state index contributed by atoms with van der Waals surface area (Å²) >= 11 is 0. The third-order valence-corrected chi connectivity index (χ3v) is 3.64. The zero-order chi connectivity index (χ0) is 11.4. The number of nitrogens with zero attached hydrogens (tertiary/aromatic N) is 2. The minimum Gasteiger partial charge on any atom is -0.393 e. The number of aromatic nitrogens is 2. The van der Waals surface area contributed by atoms with E-state index in [4.69, 9.17) is 0 Å². The fraction of sp³-hybridized carbons (Fsp3) is 0.769. The van der Waals surface area contributed by atoms with Gasteiger partial charge in [0.1, 0.15) is 5.82 Å². The molecule has 0 spiro atoms. The van der Waals surface area contributed by atoms with E-state index in [2.05, 4.69) is 16.5 Å². The first-order chi connectivity index (χ1) is 7.79. The molecule has 1 N–H and O–H groups in total. The van der Waals surface area contributed by atoms with Crippen molar-refractivity contribution in [1.82, 2.24) is 9.55 Å². The van der Waals surface area contributed by atoms with E-state index in [1.165, 1.54) is 25.7 Å². The van der Waals surface area contributed by atoms with Crippen LogP contribution in [0.15, 0.2) is 12.4 Å². The highest BCUT2D eigenvalue weighted by Crippen LogP contribution is 2.29. The molecule has 0 aliphatic heterocycles. The van der Waals surface area contributed by atoms with Crippen molar-refractivity contribution in [2.45, 2.75) is 58.1 Å². The fourth-order valence-corrected chi connectivity index (χ4v) is 2.74. The van der Waals surface area contributed by atoms with Crippen LogP contribution in [0.1, 0.15) is 44.9 Å². The van der Waals surface area contributed by atoms with Crippen LogP contribution in [0.5, 0.6) is 0 Å². The molecule has 1 fully saturated rings. The van der Waals surface area contributed by atoms with Gasteiger partial charge in [0.05, 0.1) is 6.10 Å². The molecule has 0 aromatic carbocycles. The van der Waals surface area contributed by atoms with Gasteiger partial charge in [-0.05, 0) is 19.3 Å². The molecule has 2 rings (SSSR count). The normalized spacial score (nSPS) is 19.1. The molecule has 0 amide bonds. The minimum atomic E-state index is -0.212. The highest BCUT2D eigenvalue weighted by Gasteiger charge is 2.19. The maximum Gasteiger partial charge on any atom is 0.111 e. The predicted molar refractivity (Wildman–Crippen MR) is 64.2 cm³/mol. The summed E-state index contributed by atoms with van der Waals surface area (Å²) in [6, 6.07) is 0. The molecular formula is C13H22N2O. The van der Waals surface area contributed by atoms with Crippen molar-refractivity contribution >= 4 is 0 Å². The number of aliphatic hydroxyl groups excluding tert-OH is 1. The zero-order valence-electron chi connectivity index (χ0n) is 10.1. The SMILES string of the molecule is CCn1ccnc1CC(O)CC1CCCC1. The Kier molecular flexibility index (Phi) is 3.99. The molecule has 16 heavy (non-hydrogen) atoms. The lowest BCUT2D eigenvalue weighted by Crippen LogP contribution is -2.17. The number of hydrogen-bond donors (Lipinski definition) is 1. The van der Waals surface area contributed by atoms with Crippen LogP contribution >= 0.6 is 0 Å². The van der Waals surface area contributed by atoms with E-state index in [1.807, 2.05) is 12.4 Å². The van der Waals surface area contributed by atoms with Gasteiger partial charge < -0.3 is 9.67 Å². The monoisotopic (exact) mass is 222 g/mol. The summed E-state index contributed by atoms with van der Waals surface area (Å²) in [4.78, 5) is 4.30. The zero-order valence-corrected chi connectivity index (χ0v) is 10.1. The Balaban J connectivity index is 1.84. The summed E-state index contributed by atoms with van der Waals surface area (Å²) in [6.07, 6.45) is 10.6. The summed E-state index contributed by atoms with van der Waals surface area (Å²) in [7, 11) is 0. The first kappa shape index (κ1) is 11.6. The number of aryl methyl sites for hydroxylation is 1. The highest BCUT2D eigenvalue weighted by atomic mass is 16.3. The van der Waals surface area contributed by atoms with Crippen LogP contribution in [0.4, 0.5) is 0 Å². The summed E-state index contributed by atoms with van der Waals surface area (Å²) < 4.78 is 2.11. The third-order valence-electron chi connectivity index (χ3n) is 3.64. The Morgan fingerprint density at radius 2 is 2.25 bits per heavy atom. The number of aliphatic hydroxyl groups is 1. The molecule has 3 nitrogen and oxygen atoms in total. The predicted octanol–water partition coefficient (Wildman–Crippen LogP) is 2.39. The van der Waals surface area contributed by atoms with E-state index in [0.29, 0.717) is 6.42 Å². The molecular weight excluding hydrogens is 200 g/mol. The Bertz CT molecular complexity index is 315. The van der Waals surface area contributed by atoms with Crippen molar-refractivity contribution in [3.05, 3.63) is 18.2 Å². The van der Waals surface area contributed by atoms with E-state index >= 15 is 0 Å². The fourth-order valence-electron chi connectivity index (χ4n) is 2.74. The van der Waals surface area contributed by atoms with Crippen molar-refractivity contribution in [3.8, 4) is 0 Å². The van der Waals surface area contributed by atoms with E-state index in [0.717, 1.165) is 24.7 Å². The number of hydrogen-bond acceptors (Lipinski definition) is 2. The van der Waals surface area contributed by atoms with Crippen molar-refractivity contribution < 1.29 is 5.11 Å². The van der Waals surface area contributed by atoms with Gasteiger partial charge in [-0.3, -0.25) is 0 Å². The molecule has 1 atom stereocenters. The maximum atomic E-state index is 10.0. The van der Waals surface area contributed by atoms with E-state index in [-0.39, 0.29) is 6.10 Å². The highest BCUT2D eigenvalue weighted by molar-refractivity contribution is 4.94. The van der Waals surface area contributed by atoms with Crippen LogP contribution in [-0.2, 0) is 13.0 Å². The van der Waals surface area contributed by atoms with Gasteiger partial charge in [-0.1, -0.05) is 25.7 Å². The standard InChI is InChI=1S/C13H22N2O/c1-2-15-8-7-14-13(15)10-12(16)9-11-5-3-4-6-11/h7-8,11-12,16H,2-6,9-10H2,1H3. The molecule has 1 saturated carbocycles. The van der Waals surface area contributed by atoms with Crippen molar-refractivity contribution in [2.75, 3.05) is 0 Å². The van der Waals surface area contributed by atoms with E-state index in [9.17, 15) is 5.11 Å². The van der Waals surface area contributed by atoms with Gasteiger partial charge in [0, 0.05) is 25.4 Å². The molecule has 1 unspecified atom stereocenters. The lowest BCUT2D eigenvalue weighted by Gasteiger charge is -2.15. The van der Waals surface area contributed by atoms with Gasteiger partial charge in [-0.2, -0.15) is 0 Å². The topological polar surface area (TPSA) is 38.0 Å². The van der Waals surface area contributed by atoms with Crippen LogP contribution in [0, 0.1) is 5.92 Å². The van der Waals surface area contributed by atoms with Gasteiger partial charge in [-0.25, -0.2) is 4.98 Å². The summed E-state index contributed by atoms with van der Waals surface area (Å²) in [5.74, 6) is 1.77. The second-order valence-corrected chi connectivity index (χ2v) is 4.87. The first-order valence-corrected chi connectivity index (χ1v) is 6.47. The summed E-state index contributed by atoms with van der Waals surface area (Å²) in [5, 5.41) is 10.0. The largest absolute Gasteiger partial charge is 0.393 e. The molecule has 1 aliphatic carbocycles. The second-order valence-electron chi connectivity index (χ2n) is 4.87. The van der Waals surface area contributed by atoms with Crippen LogP contribution in [0.25, 0.3) is 0 Å². The molecule has 3 heteroatoms. The Morgan fingerprint density at radius 1 is 1.50 bits per heavy atom. The molecule has 90 valence electrons. The average molecular weight is 222 g/mol. The van der Waals surface area contributed by atoms with Gasteiger partial charge in [0.25, 0.3) is 0 Å². The minimum absolute atomic E-state index is 0.212. The van der Waals surface area contributed by atoms with Crippen LogP contribution < -0.4 is 0 Å². The van der Waals surface area contributed by atoms with Crippen LogP contribution in [-0.4, -0.2) is 20.8 Å². The molecule has 1 heterocycles. The van der Waals surface area contributed by atoms with Gasteiger partial charge in [-0.15, -0.1) is 0 Å². The van der Waals surface area contributed by atoms with E-state index < -0.39 is 0 Å². The molecule has 0 bridgehead atoms. The summed E-state index contributed by atoms with van der Waals surface area (Å²) in [5.41, 5.74) is 0. The van der Waals surface area contributed by atoms with Crippen LogP contribution in [0.2, 0.25) is 0 Å². The van der Waals surface area contributed by atoms with Gasteiger partial charge in [0.15, 0.2) is 0 Å².